The van der Waals surface area contributed by atoms with Crippen LogP contribution in [0.5, 0.6) is 0 Å². The van der Waals surface area contributed by atoms with Gasteiger partial charge in [-0.2, -0.15) is 0 Å². The van der Waals surface area contributed by atoms with E-state index in [9.17, 15) is 9.90 Å². The molecule has 0 unspecified atom stereocenters. The third kappa shape index (κ3) is 5.15. The molecule has 0 aliphatic carbocycles. The summed E-state index contributed by atoms with van der Waals surface area (Å²) in [5.74, 6) is 0.156. The van der Waals surface area contributed by atoms with E-state index in [1.165, 1.54) is 5.56 Å². The number of likely N-dealkylation sites (N-methyl/N-ethyl adjacent to an activating group) is 2. The maximum atomic E-state index is 13.0. The number of rotatable bonds is 8. The summed E-state index contributed by atoms with van der Waals surface area (Å²) in [6.45, 7) is 6.22. The average Bonchev–Trinajstić information content (AvgIpc) is 3.39. The van der Waals surface area contributed by atoms with E-state index in [0.29, 0.717) is 24.4 Å². The molecule has 1 saturated heterocycles. The lowest BCUT2D eigenvalue weighted by Gasteiger charge is -2.31. The van der Waals surface area contributed by atoms with E-state index in [-0.39, 0.29) is 11.9 Å². The Morgan fingerprint density at radius 1 is 1.16 bits per heavy atom. The number of aliphatic hydroxyl groups excluding tert-OH is 1. The molecule has 1 aliphatic heterocycles. The Hall–Kier alpha value is -2.38. The Kier molecular flexibility index (Phi) is 7.16. The van der Waals surface area contributed by atoms with Gasteiger partial charge in [-0.3, -0.25) is 9.69 Å². The van der Waals surface area contributed by atoms with E-state index in [4.69, 9.17) is 16.0 Å². The Morgan fingerprint density at radius 3 is 2.62 bits per heavy atom. The van der Waals surface area contributed by atoms with E-state index in [1.807, 2.05) is 48.5 Å². The van der Waals surface area contributed by atoms with Crippen molar-refractivity contribution in [3.63, 3.8) is 0 Å². The van der Waals surface area contributed by atoms with Gasteiger partial charge in [-0.05, 0) is 43.4 Å². The Balaban J connectivity index is 1.34. The lowest BCUT2D eigenvalue weighted by Crippen LogP contribution is -2.46. The highest BCUT2D eigenvalue weighted by Crippen LogP contribution is 2.23. The molecular formula is C25H30ClN3O3. The molecule has 3 aromatic rings. The van der Waals surface area contributed by atoms with E-state index in [2.05, 4.69) is 23.8 Å². The van der Waals surface area contributed by atoms with Gasteiger partial charge in [-0.25, -0.2) is 0 Å². The van der Waals surface area contributed by atoms with Crippen molar-refractivity contribution in [2.24, 2.45) is 0 Å². The Labute approximate surface area is 194 Å². The predicted octanol–water partition coefficient (Wildman–Crippen LogP) is 3.73. The second kappa shape index (κ2) is 10.0. The van der Waals surface area contributed by atoms with E-state index in [0.717, 1.165) is 36.6 Å². The molecule has 1 fully saturated rings. The summed E-state index contributed by atoms with van der Waals surface area (Å²) >= 11 is 5.97. The summed E-state index contributed by atoms with van der Waals surface area (Å²) in [6.07, 6.45) is -0.579. The van der Waals surface area contributed by atoms with E-state index in [1.54, 1.807) is 11.0 Å². The van der Waals surface area contributed by atoms with Crippen molar-refractivity contribution in [2.45, 2.75) is 25.6 Å². The molecule has 7 heteroatoms. The minimum Gasteiger partial charge on any atom is -0.451 e. The fraction of sp³-hybridized carbons (Fsp3) is 0.400. The molecule has 1 N–H and O–H groups in total. The number of hydrogen-bond donors (Lipinski definition) is 1. The largest absolute Gasteiger partial charge is 0.451 e. The maximum absolute atomic E-state index is 13.0. The number of hydrogen-bond acceptors (Lipinski definition) is 5. The van der Waals surface area contributed by atoms with Crippen molar-refractivity contribution in [1.29, 1.82) is 0 Å². The number of benzene rings is 2. The van der Waals surface area contributed by atoms with Crippen molar-refractivity contribution in [1.82, 2.24) is 14.7 Å². The molecule has 6 nitrogen and oxygen atoms in total. The standard InChI is InChI=1S/C25H30ClN3O3/c1-3-28(13-12-27(2)15-18-8-10-20(26)11-9-18)21-16-29(17-22(21)30)25(31)24-14-19-6-4-5-7-23(19)32-24/h4-11,14,21-22,30H,3,12-13,15-17H2,1-2H3/t21-,22-/m1/s1. The topological polar surface area (TPSA) is 60.2 Å². The normalized spacial score (nSPS) is 18.9. The van der Waals surface area contributed by atoms with Crippen LogP contribution in [0.15, 0.2) is 59.0 Å². The number of halogens is 1. The van der Waals surface area contributed by atoms with E-state index >= 15 is 0 Å². The zero-order valence-corrected chi connectivity index (χ0v) is 19.3. The van der Waals surface area contributed by atoms with Crippen LogP contribution in [0, 0.1) is 0 Å². The van der Waals surface area contributed by atoms with Crippen LogP contribution < -0.4 is 0 Å². The number of furan rings is 1. The van der Waals surface area contributed by atoms with Crippen LogP contribution in [0.25, 0.3) is 11.0 Å². The van der Waals surface area contributed by atoms with E-state index < -0.39 is 6.10 Å². The van der Waals surface area contributed by atoms with Gasteiger partial charge in [0.15, 0.2) is 5.76 Å². The Bertz CT molecular complexity index is 1020. The van der Waals surface area contributed by atoms with Gasteiger partial charge in [0.2, 0.25) is 0 Å². The SMILES string of the molecule is CCN(CCN(C)Cc1ccc(Cl)cc1)[C@@H]1CN(C(=O)c2cc3ccccc3o2)C[C@H]1O. The molecule has 32 heavy (non-hydrogen) atoms. The first-order chi connectivity index (χ1) is 15.4. The Morgan fingerprint density at radius 2 is 1.91 bits per heavy atom. The molecule has 0 saturated carbocycles. The quantitative estimate of drug-likeness (QED) is 0.561. The second-order valence-electron chi connectivity index (χ2n) is 8.49. The minimum absolute atomic E-state index is 0.0859. The van der Waals surface area contributed by atoms with Crippen LogP contribution in [0.2, 0.25) is 5.02 Å². The number of carbonyl (C=O) groups excluding carboxylic acids is 1. The van der Waals surface area contributed by atoms with Crippen LogP contribution in [-0.2, 0) is 6.54 Å². The minimum atomic E-state index is -0.579. The summed E-state index contributed by atoms with van der Waals surface area (Å²) in [4.78, 5) is 19.2. The first-order valence-electron chi connectivity index (χ1n) is 11.1. The summed E-state index contributed by atoms with van der Waals surface area (Å²) in [7, 11) is 2.09. The fourth-order valence-electron chi connectivity index (χ4n) is 4.38. The van der Waals surface area contributed by atoms with Gasteiger partial charge < -0.3 is 19.3 Å². The summed E-state index contributed by atoms with van der Waals surface area (Å²) in [5, 5.41) is 12.4. The molecule has 2 aromatic carbocycles. The van der Waals surface area contributed by atoms with Gasteiger partial charge in [0.25, 0.3) is 5.91 Å². The van der Waals surface area contributed by atoms with Crippen molar-refractivity contribution in [2.75, 3.05) is 39.8 Å². The van der Waals surface area contributed by atoms with Crippen LogP contribution in [0.4, 0.5) is 0 Å². The number of β-amino-alcohol motifs (C(OH)–C–C–N with tert-alkyl or cyclic N) is 1. The van der Waals surface area contributed by atoms with Crippen LogP contribution >= 0.6 is 11.6 Å². The molecule has 1 aliphatic rings. The molecule has 4 rings (SSSR count). The molecule has 2 heterocycles. The highest BCUT2D eigenvalue weighted by atomic mass is 35.5. The van der Waals surface area contributed by atoms with Gasteiger partial charge in [-0.15, -0.1) is 0 Å². The number of aliphatic hydroxyl groups is 1. The lowest BCUT2D eigenvalue weighted by molar-refractivity contribution is 0.0732. The molecule has 1 aromatic heterocycles. The lowest BCUT2D eigenvalue weighted by atomic mass is 10.1. The summed E-state index contributed by atoms with van der Waals surface area (Å²) in [5.41, 5.74) is 1.91. The average molecular weight is 456 g/mol. The smallest absolute Gasteiger partial charge is 0.289 e. The molecular weight excluding hydrogens is 426 g/mol. The first kappa shape index (κ1) is 22.8. The molecule has 170 valence electrons. The molecule has 0 spiro atoms. The van der Waals surface area contributed by atoms with Gasteiger partial charge in [0.1, 0.15) is 5.58 Å². The zero-order chi connectivity index (χ0) is 22.7. The first-order valence-corrected chi connectivity index (χ1v) is 11.5. The van der Waals surface area contributed by atoms with Gasteiger partial charge in [0.05, 0.1) is 12.1 Å². The number of nitrogens with zero attached hydrogens (tertiary/aromatic N) is 3. The highest BCUT2D eigenvalue weighted by molar-refractivity contribution is 6.30. The number of fused-ring (bicyclic) bond motifs is 1. The molecule has 1 amide bonds. The number of amides is 1. The molecule has 0 bridgehead atoms. The summed E-state index contributed by atoms with van der Waals surface area (Å²) in [6, 6.07) is 17.2. The highest BCUT2D eigenvalue weighted by Gasteiger charge is 2.38. The van der Waals surface area contributed by atoms with Crippen LogP contribution in [0.1, 0.15) is 23.0 Å². The van der Waals surface area contributed by atoms with Crippen LogP contribution in [0.3, 0.4) is 0 Å². The van der Waals surface area contributed by atoms with Gasteiger partial charge in [0, 0.05) is 43.1 Å². The predicted molar refractivity (Wildman–Crippen MR) is 127 cm³/mol. The number of carbonyl (C=O) groups is 1. The van der Waals surface area contributed by atoms with Crippen molar-refractivity contribution < 1.29 is 14.3 Å². The fourth-order valence-corrected chi connectivity index (χ4v) is 4.50. The maximum Gasteiger partial charge on any atom is 0.289 e. The monoisotopic (exact) mass is 455 g/mol. The second-order valence-corrected chi connectivity index (χ2v) is 8.92. The summed E-state index contributed by atoms with van der Waals surface area (Å²) < 4.78 is 5.74. The third-order valence-corrected chi connectivity index (χ3v) is 6.44. The van der Waals surface area contributed by atoms with Crippen molar-refractivity contribution in [3.05, 3.63) is 70.9 Å². The zero-order valence-electron chi connectivity index (χ0n) is 18.6. The third-order valence-electron chi connectivity index (χ3n) is 6.19. The van der Waals surface area contributed by atoms with Gasteiger partial charge >= 0.3 is 0 Å². The van der Waals surface area contributed by atoms with Crippen molar-refractivity contribution in [3.8, 4) is 0 Å². The van der Waals surface area contributed by atoms with Gasteiger partial charge in [-0.1, -0.05) is 48.9 Å². The number of likely N-dealkylation sites (tertiary alicyclic amines) is 1. The molecule has 2 atom stereocenters. The number of para-hydroxylation sites is 1. The molecule has 0 radical (unpaired) electrons. The van der Waals surface area contributed by atoms with Crippen LogP contribution in [-0.4, -0.2) is 77.6 Å². The van der Waals surface area contributed by atoms with Crippen molar-refractivity contribution >= 4 is 28.5 Å².